The minimum absolute atomic E-state index is 0.0492. The molecule has 1 aromatic heterocycles. The molecule has 1 amide bonds. The maximum atomic E-state index is 12.2. The summed E-state index contributed by atoms with van der Waals surface area (Å²) >= 11 is 6.83. The van der Waals surface area contributed by atoms with E-state index in [1.807, 2.05) is 6.07 Å². The van der Waals surface area contributed by atoms with Gasteiger partial charge in [0.25, 0.3) is 5.91 Å². The van der Waals surface area contributed by atoms with Gasteiger partial charge in [-0.25, -0.2) is 10.4 Å². The van der Waals surface area contributed by atoms with Gasteiger partial charge in [0.2, 0.25) is 5.88 Å². The maximum Gasteiger partial charge on any atom is 0.278 e. The third kappa shape index (κ3) is 7.02. The number of hydrogen-bond donors (Lipinski definition) is 1. The van der Waals surface area contributed by atoms with E-state index in [0.717, 1.165) is 0 Å². The third-order valence-corrected chi connectivity index (χ3v) is 5.75. The van der Waals surface area contributed by atoms with Gasteiger partial charge < -0.3 is 18.9 Å². The summed E-state index contributed by atoms with van der Waals surface area (Å²) in [6.45, 7) is 5.51. The second-order valence-corrected chi connectivity index (χ2v) is 8.08. The molecule has 2 rings (SSSR count). The minimum atomic E-state index is -0.525. The van der Waals surface area contributed by atoms with Crippen molar-refractivity contribution in [2.45, 2.75) is 13.5 Å². The van der Waals surface area contributed by atoms with Crippen molar-refractivity contribution in [2.75, 3.05) is 27.4 Å². The van der Waals surface area contributed by atoms with Crippen LogP contribution in [-0.2, 0) is 16.1 Å². The molecule has 33 heavy (non-hydrogen) atoms. The SMILES string of the molecule is C=CCOc1c(Br)cc(/C=N\NC(=O)COc2nc(C)c(Br)c(COC)c2C#N)cc1OC. The van der Waals surface area contributed by atoms with Gasteiger partial charge >= 0.3 is 0 Å². The third-order valence-electron chi connectivity index (χ3n) is 4.11. The van der Waals surface area contributed by atoms with E-state index < -0.39 is 5.91 Å². The van der Waals surface area contributed by atoms with E-state index in [0.29, 0.717) is 43.9 Å². The second kappa shape index (κ2) is 12.9. The number of benzene rings is 1. The molecule has 0 saturated heterocycles. The van der Waals surface area contributed by atoms with E-state index >= 15 is 0 Å². The number of nitrogens with one attached hydrogen (secondary N) is 1. The number of hydrogen-bond acceptors (Lipinski definition) is 8. The largest absolute Gasteiger partial charge is 0.493 e. The van der Waals surface area contributed by atoms with Crippen molar-refractivity contribution in [1.29, 1.82) is 5.26 Å². The highest BCUT2D eigenvalue weighted by Gasteiger charge is 2.18. The van der Waals surface area contributed by atoms with Gasteiger partial charge in [-0.05, 0) is 56.5 Å². The average molecular weight is 582 g/mol. The summed E-state index contributed by atoms with van der Waals surface area (Å²) < 4.78 is 22.9. The molecular formula is C22H22Br2N4O5. The van der Waals surface area contributed by atoms with Crippen molar-refractivity contribution in [2.24, 2.45) is 5.10 Å². The van der Waals surface area contributed by atoms with Crippen molar-refractivity contribution in [1.82, 2.24) is 10.4 Å². The van der Waals surface area contributed by atoms with E-state index in [4.69, 9.17) is 18.9 Å². The molecule has 0 aliphatic heterocycles. The first-order valence-corrected chi connectivity index (χ1v) is 11.1. The van der Waals surface area contributed by atoms with E-state index in [1.165, 1.54) is 20.4 Å². The predicted molar refractivity (Wildman–Crippen MR) is 130 cm³/mol. The molecule has 1 heterocycles. The Morgan fingerprint density at radius 2 is 2.09 bits per heavy atom. The van der Waals surface area contributed by atoms with Crippen molar-refractivity contribution in [3.8, 4) is 23.4 Å². The first-order valence-electron chi connectivity index (χ1n) is 9.50. The van der Waals surface area contributed by atoms with Crippen LogP contribution in [-0.4, -0.2) is 44.5 Å². The molecule has 11 heteroatoms. The predicted octanol–water partition coefficient (Wildman–Crippen LogP) is 4.04. The Labute approximate surface area is 208 Å². The lowest BCUT2D eigenvalue weighted by Gasteiger charge is -2.13. The molecule has 0 aliphatic carbocycles. The molecule has 0 atom stereocenters. The maximum absolute atomic E-state index is 12.2. The number of nitrogens with zero attached hydrogens (tertiary/aromatic N) is 3. The molecule has 0 fully saturated rings. The lowest BCUT2D eigenvalue weighted by Crippen LogP contribution is -2.25. The van der Waals surface area contributed by atoms with E-state index in [2.05, 4.69) is 54.0 Å². The number of carbonyl (C=O) groups is 1. The van der Waals surface area contributed by atoms with Crippen LogP contribution >= 0.6 is 31.9 Å². The van der Waals surface area contributed by atoms with Crippen LogP contribution in [0.25, 0.3) is 0 Å². The first kappa shape index (κ1) is 26.3. The smallest absolute Gasteiger partial charge is 0.278 e. The Morgan fingerprint density at radius 1 is 1.33 bits per heavy atom. The summed E-state index contributed by atoms with van der Waals surface area (Å²) in [6.07, 6.45) is 3.07. The Kier molecular flexibility index (Phi) is 10.3. The molecule has 2 aromatic rings. The fourth-order valence-corrected chi connectivity index (χ4v) is 3.63. The standard InChI is InChI=1S/C22H22Br2N4O5/c1-5-6-32-21-17(23)7-14(8-18(21)31-4)10-26-28-19(29)12-33-22-15(9-25)16(11-30-3)20(24)13(2)27-22/h5,7-8,10H,1,6,11-12H2,2-4H3,(H,28,29)/b26-10-. The lowest BCUT2D eigenvalue weighted by atomic mass is 10.1. The van der Waals surface area contributed by atoms with Crippen LogP contribution in [0.1, 0.15) is 22.4 Å². The van der Waals surface area contributed by atoms with Gasteiger partial charge in [-0.3, -0.25) is 4.79 Å². The normalized spacial score (nSPS) is 10.5. The summed E-state index contributed by atoms with van der Waals surface area (Å²) in [4.78, 5) is 16.4. The Balaban J connectivity index is 2.06. The summed E-state index contributed by atoms with van der Waals surface area (Å²) in [6, 6.07) is 5.52. The lowest BCUT2D eigenvalue weighted by molar-refractivity contribution is -0.123. The summed E-state index contributed by atoms with van der Waals surface area (Å²) in [7, 11) is 3.04. The summed E-state index contributed by atoms with van der Waals surface area (Å²) in [5, 5.41) is 13.4. The highest BCUT2D eigenvalue weighted by molar-refractivity contribution is 9.10. The quantitative estimate of drug-likeness (QED) is 0.242. The monoisotopic (exact) mass is 580 g/mol. The van der Waals surface area contributed by atoms with Gasteiger partial charge in [-0.15, -0.1) is 0 Å². The van der Waals surface area contributed by atoms with Crippen molar-refractivity contribution in [3.63, 3.8) is 0 Å². The molecule has 0 saturated carbocycles. The number of amides is 1. The van der Waals surface area contributed by atoms with Crippen LogP contribution in [0.3, 0.4) is 0 Å². The number of nitriles is 1. The molecule has 1 aromatic carbocycles. The zero-order valence-corrected chi connectivity index (χ0v) is 21.4. The molecule has 0 spiro atoms. The molecule has 0 bridgehead atoms. The number of ether oxygens (including phenoxy) is 4. The van der Waals surface area contributed by atoms with E-state index in [-0.39, 0.29) is 24.7 Å². The fraction of sp³-hybridized carbons (Fsp3) is 0.273. The molecule has 0 radical (unpaired) electrons. The molecule has 0 unspecified atom stereocenters. The first-order chi connectivity index (χ1) is 15.9. The fourth-order valence-electron chi connectivity index (χ4n) is 2.66. The van der Waals surface area contributed by atoms with E-state index in [1.54, 1.807) is 25.1 Å². The second-order valence-electron chi connectivity index (χ2n) is 6.43. The van der Waals surface area contributed by atoms with Crippen LogP contribution in [0.5, 0.6) is 17.4 Å². The highest BCUT2D eigenvalue weighted by Crippen LogP contribution is 2.36. The highest BCUT2D eigenvalue weighted by atomic mass is 79.9. The summed E-state index contributed by atoms with van der Waals surface area (Å²) in [5.74, 6) is 0.552. The molecule has 9 nitrogen and oxygen atoms in total. The zero-order valence-electron chi connectivity index (χ0n) is 18.3. The van der Waals surface area contributed by atoms with Gasteiger partial charge in [0.1, 0.15) is 18.2 Å². The number of hydrazone groups is 1. The van der Waals surface area contributed by atoms with Gasteiger partial charge in [0.15, 0.2) is 18.1 Å². The summed E-state index contributed by atoms with van der Waals surface area (Å²) in [5.41, 5.74) is 4.43. The topological polar surface area (TPSA) is 115 Å². The van der Waals surface area contributed by atoms with Gasteiger partial charge in [-0.1, -0.05) is 12.7 Å². The van der Waals surface area contributed by atoms with Gasteiger partial charge in [-0.2, -0.15) is 10.4 Å². The Morgan fingerprint density at radius 3 is 2.73 bits per heavy atom. The molecule has 0 aliphatic rings. The number of aryl methyl sites for hydroxylation is 1. The molecule has 174 valence electrons. The van der Waals surface area contributed by atoms with Crippen LogP contribution in [0, 0.1) is 18.3 Å². The number of rotatable bonds is 11. The van der Waals surface area contributed by atoms with Crippen molar-refractivity contribution >= 4 is 44.0 Å². The number of methoxy groups -OCH3 is 2. The number of halogens is 2. The number of aromatic nitrogens is 1. The van der Waals surface area contributed by atoms with Gasteiger partial charge in [0.05, 0.1) is 30.1 Å². The van der Waals surface area contributed by atoms with E-state index in [9.17, 15) is 10.1 Å². The number of pyridine rings is 1. The van der Waals surface area contributed by atoms with Gasteiger partial charge in [0, 0.05) is 17.1 Å². The Hall–Kier alpha value is -2.94. The van der Waals surface area contributed by atoms with Crippen LogP contribution < -0.4 is 19.6 Å². The van der Waals surface area contributed by atoms with Crippen LogP contribution in [0.15, 0.2) is 38.8 Å². The zero-order chi connectivity index (χ0) is 24.4. The van der Waals surface area contributed by atoms with Crippen LogP contribution in [0.2, 0.25) is 0 Å². The molecule has 1 N–H and O–H groups in total. The number of carbonyl (C=O) groups excluding carboxylic acids is 1. The minimum Gasteiger partial charge on any atom is -0.493 e. The molecular weight excluding hydrogens is 560 g/mol. The van der Waals surface area contributed by atoms with Crippen LogP contribution in [0.4, 0.5) is 0 Å². The Bertz CT molecular complexity index is 1100. The van der Waals surface area contributed by atoms with Crippen molar-refractivity contribution in [3.05, 3.63) is 56.1 Å². The average Bonchev–Trinajstić information content (AvgIpc) is 2.80. The van der Waals surface area contributed by atoms with Crippen molar-refractivity contribution < 1.29 is 23.7 Å².